The van der Waals surface area contributed by atoms with Crippen LogP contribution in [0, 0.1) is 0 Å². The predicted molar refractivity (Wildman–Crippen MR) is 54.4 cm³/mol. The van der Waals surface area contributed by atoms with Crippen molar-refractivity contribution in [3.05, 3.63) is 0 Å². The van der Waals surface area contributed by atoms with Crippen molar-refractivity contribution in [2.75, 3.05) is 21.1 Å². The van der Waals surface area contributed by atoms with E-state index in [4.69, 9.17) is 0 Å². The number of rotatable bonds is 4. The van der Waals surface area contributed by atoms with Gasteiger partial charge < -0.3 is 0 Å². The van der Waals surface area contributed by atoms with Crippen molar-refractivity contribution in [1.82, 2.24) is 0 Å². The molecule has 0 aliphatic heterocycles. The molecule has 7 heteroatoms. The van der Waals surface area contributed by atoms with Crippen molar-refractivity contribution < 1.29 is 0 Å². The second-order valence-corrected chi connectivity index (χ2v) is 5.38. The van der Waals surface area contributed by atoms with E-state index in [1.807, 2.05) is 13.8 Å². The van der Waals surface area contributed by atoms with Gasteiger partial charge in [0, 0.05) is 14.7 Å². The van der Waals surface area contributed by atoms with Crippen LogP contribution in [0.25, 0.3) is 0 Å². The summed E-state index contributed by atoms with van der Waals surface area (Å²) in [5.74, 6) is 0. The van der Waals surface area contributed by atoms with E-state index < -0.39 is 7.71 Å². The third-order valence-corrected chi connectivity index (χ3v) is 4.07. The molecular formula is C6H16N6P+. The van der Waals surface area contributed by atoms with Gasteiger partial charge in [0.15, 0.2) is 0 Å². The van der Waals surface area contributed by atoms with Crippen LogP contribution in [-0.4, -0.2) is 26.8 Å². The third-order valence-electron chi connectivity index (χ3n) is 1.36. The van der Waals surface area contributed by atoms with Crippen LogP contribution in [0.5, 0.6) is 0 Å². The highest BCUT2D eigenvalue weighted by molar-refractivity contribution is 7.72. The molecule has 0 aromatic heterocycles. The molecule has 0 bridgehead atoms. The Labute approximate surface area is 79.2 Å². The molecule has 0 radical (unpaired) electrons. The molecule has 6 nitrogen and oxygen atoms in total. The van der Waals surface area contributed by atoms with E-state index in [-0.39, 0.29) is 5.66 Å². The summed E-state index contributed by atoms with van der Waals surface area (Å²) < 4.78 is 0. The summed E-state index contributed by atoms with van der Waals surface area (Å²) in [6.45, 7) is 3.98. The molecule has 0 aliphatic rings. The first-order chi connectivity index (χ1) is 6.13. The lowest BCUT2D eigenvalue weighted by molar-refractivity contribution is 0.995. The minimum atomic E-state index is -2.19. The maximum Gasteiger partial charge on any atom is 0.435 e. The Hall–Kier alpha value is -0.770. The second-order valence-electron chi connectivity index (χ2n) is 2.58. The lowest BCUT2D eigenvalue weighted by atomic mass is 10.6. The number of nitrogens with zero attached hydrogens (tertiary/aromatic N) is 6. The molecule has 0 fully saturated rings. The maximum absolute atomic E-state index is 4.05. The van der Waals surface area contributed by atoms with Gasteiger partial charge in [-0.2, -0.15) is 15.3 Å². The van der Waals surface area contributed by atoms with Crippen LogP contribution in [0.2, 0.25) is 0 Å². The summed E-state index contributed by atoms with van der Waals surface area (Å²) in [4.78, 5) is 12.1. The predicted octanol–water partition coefficient (Wildman–Crippen LogP) is 3.40. The molecule has 0 rings (SSSR count). The molecule has 0 saturated heterocycles. The highest BCUT2D eigenvalue weighted by Crippen LogP contribution is 2.68. The fraction of sp³-hybridized carbons (Fsp3) is 1.00. The molecule has 0 aromatic carbocycles. The molecule has 0 amide bonds. The zero-order chi connectivity index (χ0) is 10.3. The SMILES string of the molecule is CN=N[P+](N=NC)(N=NC)C(C)C. The van der Waals surface area contributed by atoms with Gasteiger partial charge in [0.05, 0.1) is 21.1 Å². The first-order valence-electron chi connectivity index (χ1n) is 3.95. The zero-order valence-electron chi connectivity index (χ0n) is 8.71. The summed E-state index contributed by atoms with van der Waals surface area (Å²) in [5, 5.41) is 11.2. The zero-order valence-corrected chi connectivity index (χ0v) is 9.60. The van der Waals surface area contributed by atoms with Crippen LogP contribution in [0.1, 0.15) is 13.8 Å². The second kappa shape index (κ2) is 5.80. The minimum Gasteiger partial charge on any atom is -0.155 e. The van der Waals surface area contributed by atoms with E-state index in [1.54, 1.807) is 21.1 Å². The molecule has 13 heavy (non-hydrogen) atoms. The van der Waals surface area contributed by atoms with E-state index in [1.165, 1.54) is 0 Å². The van der Waals surface area contributed by atoms with E-state index in [2.05, 4.69) is 30.0 Å². The van der Waals surface area contributed by atoms with Crippen LogP contribution < -0.4 is 0 Å². The first-order valence-corrected chi connectivity index (χ1v) is 5.67. The van der Waals surface area contributed by atoms with Gasteiger partial charge in [0.25, 0.3) is 0 Å². The standard InChI is InChI=1S/C6H16N6P/c1-6(2)13(10-7-3,11-8-4)12-9-5/h6H,1-5H3/q+1. The van der Waals surface area contributed by atoms with Gasteiger partial charge in [0.2, 0.25) is 0 Å². The summed E-state index contributed by atoms with van der Waals surface area (Å²) in [7, 11) is 2.62. The van der Waals surface area contributed by atoms with Crippen molar-refractivity contribution >= 4 is 7.71 Å². The normalized spacial score (nSPS) is 18.0. The summed E-state index contributed by atoms with van der Waals surface area (Å²) in [6.07, 6.45) is 0. The molecule has 0 aliphatic carbocycles. The van der Waals surface area contributed by atoms with Gasteiger partial charge in [-0.25, -0.2) is 0 Å². The number of hydrogen-bond acceptors (Lipinski definition) is 6. The smallest absolute Gasteiger partial charge is 0.155 e. The summed E-state index contributed by atoms with van der Waals surface area (Å²) in [5.41, 5.74) is 0.184. The Bertz CT molecular complexity index is 190. The lowest BCUT2D eigenvalue weighted by Gasteiger charge is -2.07. The molecule has 0 N–H and O–H groups in total. The van der Waals surface area contributed by atoms with Gasteiger partial charge in [-0.1, -0.05) is 0 Å². The Morgan fingerprint density at radius 1 is 0.769 bits per heavy atom. The average Bonchev–Trinajstić information content (AvgIpc) is 2.05. The van der Waals surface area contributed by atoms with Crippen molar-refractivity contribution in [3.8, 4) is 0 Å². The molecule has 0 atom stereocenters. The van der Waals surface area contributed by atoms with Crippen LogP contribution in [-0.2, 0) is 0 Å². The van der Waals surface area contributed by atoms with Gasteiger partial charge in [-0.05, 0) is 13.8 Å². The lowest BCUT2D eigenvalue weighted by Crippen LogP contribution is -1.97. The van der Waals surface area contributed by atoms with Crippen LogP contribution >= 0.6 is 7.71 Å². The van der Waals surface area contributed by atoms with Crippen molar-refractivity contribution in [2.45, 2.75) is 19.5 Å². The highest BCUT2D eigenvalue weighted by atomic mass is 31.2. The fourth-order valence-electron chi connectivity index (χ4n) is 0.758. The van der Waals surface area contributed by atoms with Crippen LogP contribution in [0.3, 0.4) is 0 Å². The van der Waals surface area contributed by atoms with Gasteiger partial charge in [0.1, 0.15) is 5.66 Å². The van der Waals surface area contributed by atoms with Crippen molar-refractivity contribution in [3.63, 3.8) is 0 Å². The number of hydrogen-bond donors (Lipinski definition) is 0. The largest absolute Gasteiger partial charge is 0.435 e. The first kappa shape index (κ1) is 12.2. The molecule has 0 spiro atoms. The minimum absolute atomic E-state index is 0.184. The molecule has 0 heterocycles. The molecule has 0 unspecified atom stereocenters. The van der Waals surface area contributed by atoms with Gasteiger partial charge >= 0.3 is 7.71 Å². The molecule has 0 aromatic rings. The topological polar surface area (TPSA) is 74.2 Å². The van der Waals surface area contributed by atoms with Gasteiger partial charge in [-0.3, -0.25) is 0 Å². The van der Waals surface area contributed by atoms with E-state index in [9.17, 15) is 0 Å². The maximum atomic E-state index is 4.05. The summed E-state index contributed by atoms with van der Waals surface area (Å²) in [6, 6.07) is 0. The van der Waals surface area contributed by atoms with Crippen LogP contribution in [0.15, 0.2) is 30.0 Å². The quantitative estimate of drug-likeness (QED) is 0.496. The van der Waals surface area contributed by atoms with Gasteiger partial charge in [-0.15, -0.1) is 0 Å². The summed E-state index contributed by atoms with van der Waals surface area (Å²) >= 11 is 0. The average molecular weight is 203 g/mol. The van der Waals surface area contributed by atoms with E-state index in [0.29, 0.717) is 0 Å². The monoisotopic (exact) mass is 203 g/mol. The highest BCUT2D eigenvalue weighted by Gasteiger charge is 2.46. The molecule has 74 valence electrons. The Kier molecular flexibility index (Phi) is 5.46. The fourth-order valence-corrected chi connectivity index (χ4v) is 2.28. The van der Waals surface area contributed by atoms with E-state index >= 15 is 0 Å². The Balaban J connectivity index is 5.03. The van der Waals surface area contributed by atoms with Crippen molar-refractivity contribution in [2.24, 2.45) is 30.0 Å². The Morgan fingerprint density at radius 3 is 1.23 bits per heavy atom. The van der Waals surface area contributed by atoms with E-state index in [0.717, 1.165) is 0 Å². The third kappa shape index (κ3) is 3.22. The molecular weight excluding hydrogens is 187 g/mol. The molecule has 0 saturated carbocycles. The van der Waals surface area contributed by atoms with Crippen LogP contribution in [0.4, 0.5) is 0 Å². The van der Waals surface area contributed by atoms with Crippen molar-refractivity contribution in [1.29, 1.82) is 0 Å². The Morgan fingerprint density at radius 2 is 1.08 bits per heavy atom.